The fourth-order valence-corrected chi connectivity index (χ4v) is 14.4. The lowest BCUT2D eigenvalue weighted by molar-refractivity contribution is 0.229. The van der Waals surface area contributed by atoms with E-state index in [9.17, 15) is 18.3 Å². The van der Waals surface area contributed by atoms with Gasteiger partial charge >= 0.3 is 30.4 Å². The first-order valence-electron chi connectivity index (χ1n) is 23.5. The first-order valence-corrected chi connectivity index (χ1v) is 29.7. The van der Waals surface area contributed by atoms with Gasteiger partial charge in [-0.2, -0.15) is 0 Å². The molecule has 69 heavy (non-hydrogen) atoms. The first-order chi connectivity index (χ1) is 33.2. The Bertz CT molecular complexity index is 2790. The quantitative estimate of drug-likeness (QED) is 0.0504. The monoisotopic (exact) mass is 1020 g/mol. The molecule has 6 aromatic carbocycles. The molecule has 6 aromatic rings. The summed E-state index contributed by atoms with van der Waals surface area (Å²) in [6.45, 7) is 17.8. The molecule has 6 rings (SSSR count). The van der Waals surface area contributed by atoms with Gasteiger partial charge in [-0.1, -0.05) is 78.4 Å². The molecule has 368 valence electrons. The second-order valence-electron chi connectivity index (χ2n) is 15.5. The Balaban J connectivity index is 1.79. The Morgan fingerprint density at radius 2 is 0.493 bits per heavy atom. The topological polar surface area (TPSA) is 142 Å². The van der Waals surface area contributed by atoms with Crippen LogP contribution in [0.25, 0.3) is 55.6 Å². The summed E-state index contributed by atoms with van der Waals surface area (Å²) >= 11 is 0. The maximum Gasteiger partial charge on any atom is 0.361 e. The molecule has 0 aliphatic carbocycles. The van der Waals surface area contributed by atoms with Crippen LogP contribution in [-0.4, -0.2) is 52.9 Å². The van der Waals surface area contributed by atoms with Gasteiger partial charge in [0.1, 0.15) is 0 Å². The fraction of sp³-hybridized carbons (Fsp3) is 0.321. The van der Waals surface area contributed by atoms with Gasteiger partial charge in [-0.3, -0.25) is 18.3 Å². The molecule has 0 aromatic heterocycles. The number of hydrogen-bond donors (Lipinski definition) is 0. The summed E-state index contributed by atoms with van der Waals surface area (Å²) in [7, 11) is -14.6. The predicted octanol–water partition coefficient (Wildman–Crippen LogP) is 13.9. The minimum atomic E-state index is -3.68. The van der Waals surface area contributed by atoms with Crippen molar-refractivity contribution in [3.8, 4) is 55.6 Å². The number of benzene rings is 6. The van der Waals surface area contributed by atoms with Crippen LogP contribution in [0.15, 0.2) is 127 Å². The Morgan fingerprint density at radius 1 is 0.290 bits per heavy atom. The van der Waals surface area contributed by atoms with E-state index in [1.54, 1.807) is 104 Å². The molecule has 0 amide bonds. The molecule has 0 spiro atoms. The Kier molecular flexibility index (Phi) is 19.2. The second kappa shape index (κ2) is 24.4. The molecule has 0 aliphatic rings. The van der Waals surface area contributed by atoms with E-state index in [4.69, 9.17) is 36.2 Å². The van der Waals surface area contributed by atoms with Gasteiger partial charge in [0.25, 0.3) is 0 Å². The van der Waals surface area contributed by atoms with Crippen LogP contribution in [0.5, 0.6) is 0 Å². The van der Waals surface area contributed by atoms with Crippen molar-refractivity contribution >= 4 is 51.6 Å². The van der Waals surface area contributed by atoms with E-state index in [0.29, 0.717) is 21.2 Å². The van der Waals surface area contributed by atoms with Crippen molar-refractivity contribution in [3.05, 3.63) is 133 Å². The molecule has 0 N–H and O–H groups in total. The summed E-state index contributed by atoms with van der Waals surface area (Å²) in [5.74, 6) is 0. The van der Waals surface area contributed by atoms with Crippen molar-refractivity contribution in [2.45, 2.75) is 62.3 Å². The molecule has 0 saturated carbocycles. The maximum absolute atomic E-state index is 14.2. The normalized spacial score (nSPS) is 12.4. The van der Waals surface area contributed by atoms with E-state index < -0.39 is 30.4 Å². The molecule has 0 heterocycles. The molecular weight excluding hydrogens is 952 g/mol. The molecule has 0 atom stereocenters. The van der Waals surface area contributed by atoms with Crippen LogP contribution in [0.4, 0.5) is 0 Å². The van der Waals surface area contributed by atoms with Gasteiger partial charge in [0.15, 0.2) is 0 Å². The summed E-state index contributed by atoms with van der Waals surface area (Å²) < 4.78 is 102. The van der Waals surface area contributed by atoms with Crippen molar-refractivity contribution < 1.29 is 54.5 Å². The Hall–Kier alpha value is -4.08. The van der Waals surface area contributed by atoms with Crippen molar-refractivity contribution in [1.82, 2.24) is 0 Å². The van der Waals surface area contributed by atoms with Gasteiger partial charge in [0, 0.05) is 0 Å². The number of hydrogen-bond acceptors (Lipinski definition) is 12. The molecule has 0 aliphatic heterocycles. The van der Waals surface area contributed by atoms with Crippen LogP contribution in [-0.2, 0) is 54.5 Å². The summed E-state index contributed by atoms with van der Waals surface area (Å²) in [5, 5.41) is 1.63. The van der Waals surface area contributed by atoms with E-state index >= 15 is 0 Å². The predicted molar refractivity (Wildman–Crippen MR) is 280 cm³/mol. The minimum absolute atomic E-state index is 0.184. The average molecular weight is 1020 g/mol. The summed E-state index contributed by atoms with van der Waals surface area (Å²) in [6, 6.07) is 39.9. The Morgan fingerprint density at radius 3 is 0.725 bits per heavy atom. The third kappa shape index (κ3) is 12.2. The van der Waals surface area contributed by atoms with E-state index in [2.05, 4.69) is 30.3 Å². The van der Waals surface area contributed by atoms with Crippen LogP contribution in [0.2, 0.25) is 0 Å². The highest BCUT2D eigenvalue weighted by Crippen LogP contribution is 2.54. The molecule has 16 heteroatoms. The molecule has 0 unspecified atom stereocenters. The highest BCUT2D eigenvalue weighted by atomic mass is 31.2. The lowest BCUT2D eigenvalue weighted by atomic mass is 9.79. The van der Waals surface area contributed by atoms with Gasteiger partial charge in [0.2, 0.25) is 0 Å². The third-order valence-electron chi connectivity index (χ3n) is 11.0. The van der Waals surface area contributed by atoms with E-state index in [1.807, 2.05) is 55.5 Å². The lowest BCUT2D eigenvalue weighted by Gasteiger charge is -2.26. The lowest BCUT2D eigenvalue weighted by Crippen LogP contribution is -2.11. The zero-order valence-corrected chi connectivity index (χ0v) is 44.5. The molecule has 0 radical (unpaired) electrons. The fourth-order valence-electron chi connectivity index (χ4n) is 8.12. The molecule has 0 saturated heterocycles. The van der Waals surface area contributed by atoms with Crippen LogP contribution < -0.4 is 21.2 Å². The SMILES string of the molecule is CCOP(=O)(OCC)c1ccc(-c2cc(-c3ccc(C)cc3)c(-c3ccc(P(=O)(OCC)OCC)cc3)c(-c3ccc(P(=O)(OCC)OCC)cc3)c2-c2ccc(P(=O)(OCC)OCC)cc2)cc1. The summed E-state index contributed by atoms with van der Waals surface area (Å²) in [6.07, 6.45) is 0. The highest BCUT2D eigenvalue weighted by molar-refractivity contribution is 7.63. The van der Waals surface area contributed by atoms with Crippen molar-refractivity contribution in [2.75, 3.05) is 52.9 Å². The summed E-state index contributed by atoms with van der Waals surface area (Å²) in [5.41, 5.74) is 9.12. The highest BCUT2D eigenvalue weighted by Gasteiger charge is 2.32. The second-order valence-corrected chi connectivity index (χ2v) is 23.6. The first kappa shape index (κ1) is 54.3. The largest absolute Gasteiger partial charge is 0.361 e. The van der Waals surface area contributed by atoms with Crippen LogP contribution in [0.1, 0.15) is 61.0 Å². The van der Waals surface area contributed by atoms with Crippen LogP contribution in [0, 0.1) is 6.92 Å². The van der Waals surface area contributed by atoms with Gasteiger partial charge in [-0.05, 0) is 173 Å². The number of rotatable bonds is 25. The zero-order valence-electron chi connectivity index (χ0n) is 41.0. The molecule has 0 fully saturated rings. The van der Waals surface area contributed by atoms with Gasteiger partial charge in [-0.25, -0.2) is 0 Å². The van der Waals surface area contributed by atoms with E-state index in [-0.39, 0.29) is 52.9 Å². The third-order valence-corrected chi connectivity index (χ3v) is 19.5. The van der Waals surface area contributed by atoms with Crippen LogP contribution in [0.3, 0.4) is 0 Å². The molecule has 0 bridgehead atoms. The molecule has 12 nitrogen and oxygen atoms in total. The smallest absolute Gasteiger partial charge is 0.305 e. The van der Waals surface area contributed by atoms with Crippen molar-refractivity contribution in [1.29, 1.82) is 0 Å². The minimum Gasteiger partial charge on any atom is -0.305 e. The standard InChI is InChI=1S/C53H64O12P4/c1-10-58-66(54,59-11-2)45-30-22-41(23-31-45)50-38-49(40-20-18-39(9)19-21-40)51(42-24-32-46(33-25-42)67(55,60-12-3)61-13-4)53(44-28-36-48(37-29-44)69(57,64-16-7)65-17-8)52(50)43-26-34-47(35-27-43)68(56,62-14-5)63-15-6/h18-38H,10-17H2,1-9H3. The Labute approximate surface area is 408 Å². The van der Waals surface area contributed by atoms with E-state index in [0.717, 1.165) is 61.2 Å². The number of aryl methyl sites for hydroxylation is 1. The van der Waals surface area contributed by atoms with Gasteiger partial charge in [0.05, 0.1) is 74.1 Å². The van der Waals surface area contributed by atoms with E-state index in [1.165, 1.54) is 0 Å². The molecular formula is C53H64O12P4. The maximum atomic E-state index is 14.2. The van der Waals surface area contributed by atoms with Crippen LogP contribution >= 0.6 is 30.4 Å². The summed E-state index contributed by atoms with van der Waals surface area (Å²) in [4.78, 5) is 0. The van der Waals surface area contributed by atoms with Crippen molar-refractivity contribution in [3.63, 3.8) is 0 Å². The average Bonchev–Trinajstić information content (AvgIpc) is 3.34. The zero-order chi connectivity index (χ0) is 49.8. The van der Waals surface area contributed by atoms with Gasteiger partial charge < -0.3 is 36.2 Å². The van der Waals surface area contributed by atoms with Crippen molar-refractivity contribution in [2.24, 2.45) is 0 Å². The van der Waals surface area contributed by atoms with Gasteiger partial charge in [-0.15, -0.1) is 0 Å².